The molecule has 2 aliphatic heterocycles. The third kappa shape index (κ3) is 13.8. The Morgan fingerprint density at radius 2 is 1.25 bits per heavy atom. The zero-order valence-electron chi connectivity index (χ0n) is 38.5. The van der Waals surface area contributed by atoms with Gasteiger partial charge < -0.3 is 19.3 Å². The van der Waals surface area contributed by atoms with E-state index < -0.39 is 31.7 Å². The number of anilines is 1. The quantitative estimate of drug-likeness (QED) is 0.142. The number of nitrogens with zero attached hydrogens (tertiary/aromatic N) is 9. The van der Waals surface area contributed by atoms with Gasteiger partial charge in [-0.2, -0.15) is 18.4 Å². The monoisotopic (exact) mass is 1040 g/mol. The number of aromatic nitrogens is 5. The van der Waals surface area contributed by atoms with Gasteiger partial charge in [0, 0.05) is 76.0 Å². The molecular weight excluding hydrogens is 986 g/mol. The number of hydrogen-bond acceptors (Lipinski definition) is 13. The molecule has 0 radical (unpaired) electrons. The number of ether oxygens (including phenoxy) is 2. The van der Waals surface area contributed by atoms with Crippen molar-refractivity contribution >= 4 is 59.4 Å². The zero-order chi connectivity index (χ0) is 48.5. The van der Waals surface area contributed by atoms with Gasteiger partial charge in [-0.15, -0.1) is 0 Å². The largest absolute Gasteiger partial charge is 0.483 e. The maximum absolute atomic E-state index is 13.6. The summed E-state index contributed by atoms with van der Waals surface area (Å²) in [6.45, 7) is 13.5. The minimum Gasteiger partial charge on any atom is -0.483 e. The van der Waals surface area contributed by atoms with E-state index in [1.807, 2.05) is 37.8 Å². The van der Waals surface area contributed by atoms with Crippen LogP contribution < -0.4 is 15.2 Å². The molecule has 0 bridgehead atoms. The highest BCUT2D eigenvalue weighted by Gasteiger charge is 2.34. The van der Waals surface area contributed by atoms with Crippen molar-refractivity contribution in [2.75, 3.05) is 57.3 Å². The molecule has 1 aliphatic carbocycles. The van der Waals surface area contributed by atoms with E-state index in [0.717, 1.165) is 41.4 Å². The number of carbonyl (C=O) groups is 1. The average molecular weight is 1040 g/mol. The van der Waals surface area contributed by atoms with Crippen molar-refractivity contribution in [2.24, 2.45) is 0 Å². The van der Waals surface area contributed by atoms with Crippen LogP contribution in [0.25, 0.3) is 5.69 Å². The summed E-state index contributed by atoms with van der Waals surface area (Å²) in [5.74, 6) is 0.244. The summed E-state index contributed by atoms with van der Waals surface area (Å²) in [4.78, 5) is 41.0. The minimum absolute atomic E-state index is 0.0271. The molecule has 4 aromatic heterocycles. The van der Waals surface area contributed by atoms with Crippen LogP contribution in [0.2, 0.25) is 5.02 Å². The Balaban J connectivity index is 0.000000203. The van der Waals surface area contributed by atoms with E-state index in [2.05, 4.69) is 36.0 Å². The van der Waals surface area contributed by atoms with E-state index in [1.165, 1.54) is 36.1 Å². The third-order valence-electron chi connectivity index (χ3n) is 10.9. The number of piperazine rings is 2. The molecule has 1 amide bonds. The number of hydrogen-bond donors (Lipinski definition) is 0. The first-order chi connectivity index (χ1) is 31.7. The molecule has 17 nitrogen and oxygen atoms in total. The first-order valence-corrected chi connectivity index (χ1v) is 26.0. The number of rotatable bonds is 8. The van der Waals surface area contributed by atoms with Gasteiger partial charge in [-0.1, -0.05) is 17.7 Å². The van der Waals surface area contributed by atoms with Crippen LogP contribution in [-0.2, 0) is 24.8 Å². The van der Waals surface area contributed by atoms with Crippen LogP contribution in [0.3, 0.4) is 0 Å². The first-order valence-electron chi connectivity index (χ1n) is 21.9. The third-order valence-corrected chi connectivity index (χ3v) is 15.2. The second-order valence-electron chi connectivity index (χ2n) is 17.3. The van der Waals surface area contributed by atoms with Gasteiger partial charge in [-0.25, -0.2) is 36.6 Å². The van der Waals surface area contributed by atoms with E-state index in [9.17, 15) is 26.4 Å². The lowest BCUT2D eigenvalue weighted by atomic mass is 10.2. The lowest BCUT2D eigenvalue weighted by molar-refractivity contribution is 0.0192. The lowest BCUT2D eigenvalue weighted by Gasteiger charge is -2.35. The standard InChI is InChI=1S/C25H28ClN5O4S.C15H23N3O4S.C6H6BrN/c1-18-9-10-27-23(15-18)36(33,34)30-13-11-29(12-14-30)22-17-28-31(20-6-4-5-19(26)16-20)25(32)24(22)35-21-7-2-3-8-21;1-12-5-6-16-13(11-12)23(20,21)18-9-7-17(8-10-18)14(19)22-15(2,3)4;1-5-2-3-8-6(7)4-5/h4-6,9-10,15-17,21H,2-3,7-8,11-14H2,1H3;5-6,11H,7-10H2,1-4H3;2-4H,1H3. The van der Waals surface area contributed by atoms with Crippen LogP contribution in [0.5, 0.6) is 5.75 Å². The van der Waals surface area contributed by atoms with Crippen molar-refractivity contribution in [3.63, 3.8) is 0 Å². The highest BCUT2D eigenvalue weighted by Crippen LogP contribution is 2.31. The fourth-order valence-electron chi connectivity index (χ4n) is 7.40. The van der Waals surface area contributed by atoms with E-state index in [0.29, 0.717) is 42.6 Å². The Kier molecular flexibility index (Phi) is 17.2. The first kappa shape index (κ1) is 51.4. The van der Waals surface area contributed by atoms with Crippen molar-refractivity contribution in [3.05, 3.63) is 122 Å². The summed E-state index contributed by atoms with van der Waals surface area (Å²) in [5.41, 5.74) is 3.11. The van der Waals surface area contributed by atoms with E-state index in [1.54, 1.807) is 81.7 Å². The second-order valence-corrected chi connectivity index (χ2v) is 22.4. The highest BCUT2D eigenvalue weighted by atomic mass is 79.9. The van der Waals surface area contributed by atoms with Crippen LogP contribution in [0.1, 0.15) is 63.1 Å². The summed E-state index contributed by atoms with van der Waals surface area (Å²) in [7, 11) is -7.33. The molecule has 5 aromatic rings. The second kappa shape index (κ2) is 22.4. The minimum atomic E-state index is -3.70. The van der Waals surface area contributed by atoms with Crippen LogP contribution in [0.4, 0.5) is 10.5 Å². The zero-order valence-corrected chi connectivity index (χ0v) is 42.5. The Morgan fingerprint density at radius 3 is 1.73 bits per heavy atom. The predicted octanol–water partition coefficient (Wildman–Crippen LogP) is 7.21. The number of amides is 1. The smallest absolute Gasteiger partial charge is 0.410 e. The Morgan fingerprint density at radius 1 is 0.731 bits per heavy atom. The molecule has 1 aromatic carbocycles. The van der Waals surface area contributed by atoms with Crippen molar-refractivity contribution in [1.82, 2.24) is 38.2 Å². The van der Waals surface area contributed by atoms with Gasteiger partial charge in [-0.05, 0) is 154 Å². The molecular formula is C46H57BrClN9O8S2. The van der Waals surface area contributed by atoms with Crippen LogP contribution in [0.15, 0.2) is 105 Å². The van der Waals surface area contributed by atoms with Crippen LogP contribution in [0, 0.1) is 20.8 Å². The van der Waals surface area contributed by atoms with E-state index >= 15 is 0 Å². The lowest BCUT2D eigenvalue weighted by Crippen LogP contribution is -2.51. The number of pyridine rings is 3. The van der Waals surface area contributed by atoms with Crippen molar-refractivity contribution in [1.29, 1.82) is 0 Å². The summed E-state index contributed by atoms with van der Waals surface area (Å²) >= 11 is 9.39. The number of carbonyl (C=O) groups excluding carboxylic acids is 1. The van der Waals surface area contributed by atoms with Gasteiger partial charge in [-0.3, -0.25) is 4.79 Å². The SMILES string of the molecule is Cc1ccnc(Br)c1.Cc1ccnc(S(=O)(=O)N2CCN(C(=O)OC(C)(C)C)CC2)c1.Cc1ccnc(S(=O)(=O)N2CCN(c3cnn(-c4cccc(Cl)c4)c(=O)c3OC3CCCC3)CC2)c1. The van der Waals surface area contributed by atoms with Gasteiger partial charge in [0.05, 0.1) is 18.0 Å². The van der Waals surface area contributed by atoms with Gasteiger partial charge in [0.2, 0.25) is 5.75 Å². The Hall–Kier alpha value is -4.99. The molecule has 3 fully saturated rings. The highest BCUT2D eigenvalue weighted by molar-refractivity contribution is 9.10. The van der Waals surface area contributed by atoms with Gasteiger partial charge >= 0.3 is 11.7 Å². The van der Waals surface area contributed by atoms with Crippen molar-refractivity contribution in [2.45, 2.75) is 89.0 Å². The maximum atomic E-state index is 13.6. The molecule has 2 saturated heterocycles. The molecule has 67 heavy (non-hydrogen) atoms. The molecule has 360 valence electrons. The van der Waals surface area contributed by atoms with Crippen LogP contribution in [-0.4, -0.2) is 125 Å². The van der Waals surface area contributed by atoms with Crippen molar-refractivity contribution < 1.29 is 31.1 Å². The summed E-state index contributed by atoms with van der Waals surface area (Å²) in [6, 6.07) is 17.5. The van der Waals surface area contributed by atoms with Gasteiger partial charge in [0.1, 0.15) is 15.9 Å². The molecule has 0 atom stereocenters. The van der Waals surface area contributed by atoms with Crippen LogP contribution >= 0.6 is 27.5 Å². The summed E-state index contributed by atoms with van der Waals surface area (Å²) in [6.07, 6.45) is 9.88. The molecule has 21 heteroatoms. The fraction of sp³-hybridized carbons (Fsp3) is 0.435. The number of halogens is 2. The predicted molar refractivity (Wildman–Crippen MR) is 260 cm³/mol. The number of aryl methyl sites for hydroxylation is 3. The van der Waals surface area contributed by atoms with E-state index in [4.69, 9.17) is 21.1 Å². The van der Waals surface area contributed by atoms with Gasteiger partial charge in [0.15, 0.2) is 10.1 Å². The molecule has 0 unspecified atom stereocenters. The molecule has 3 aliphatic rings. The average Bonchev–Trinajstić information content (AvgIpc) is 3.80. The molecule has 8 rings (SSSR count). The molecule has 1 saturated carbocycles. The maximum Gasteiger partial charge on any atom is 0.410 e. The normalized spacial score (nSPS) is 16.4. The summed E-state index contributed by atoms with van der Waals surface area (Å²) in [5, 5.41) is 5.00. The number of sulfonamides is 2. The Bertz CT molecular complexity index is 2770. The van der Waals surface area contributed by atoms with Gasteiger partial charge in [0.25, 0.3) is 20.0 Å². The van der Waals surface area contributed by atoms with E-state index in [-0.39, 0.29) is 53.6 Å². The molecule has 0 N–H and O–H groups in total. The van der Waals surface area contributed by atoms with Crippen molar-refractivity contribution in [3.8, 4) is 11.4 Å². The molecule has 0 spiro atoms. The number of benzene rings is 1. The Labute approximate surface area is 406 Å². The topological polar surface area (TPSA) is 190 Å². The fourth-order valence-corrected chi connectivity index (χ4v) is 10.9. The molecule has 6 heterocycles. The summed E-state index contributed by atoms with van der Waals surface area (Å²) < 4.78 is 67.9.